The molecule has 0 unspecified atom stereocenters. The van der Waals surface area contributed by atoms with Crippen molar-refractivity contribution in [2.45, 2.75) is 0 Å². The van der Waals surface area contributed by atoms with Crippen molar-refractivity contribution in [2.24, 2.45) is 10.7 Å². The van der Waals surface area contributed by atoms with E-state index in [-0.39, 0.29) is 5.75 Å². The third-order valence-electron chi connectivity index (χ3n) is 1.73. The van der Waals surface area contributed by atoms with Crippen LogP contribution in [0.2, 0.25) is 0 Å². The highest BCUT2D eigenvalue weighted by Gasteiger charge is 2.11. The van der Waals surface area contributed by atoms with E-state index in [0.29, 0.717) is 18.1 Å². The van der Waals surface area contributed by atoms with Crippen LogP contribution in [0.3, 0.4) is 0 Å². The van der Waals surface area contributed by atoms with Crippen molar-refractivity contribution in [3.05, 3.63) is 18.2 Å². The van der Waals surface area contributed by atoms with E-state index in [1.807, 2.05) is 6.07 Å². The summed E-state index contributed by atoms with van der Waals surface area (Å²) in [6, 6.07) is 5.20. The molecule has 0 saturated heterocycles. The van der Waals surface area contributed by atoms with E-state index >= 15 is 0 Å². The number of hydrogen-bond acceptors (Lipinski definition) is 4. The number of anilines is 1. The molecule has 1 heterocycles. The van der Waals surface area contributed by atoms with Gasteiger partial charge in [0.25, 0.3) is 0 Å². The molecule has 1 aliphatic heterocycles. The summed E-state index contributed by atoms with van der Waals surface area (Å²) in [6.07, 6.45) is 0. The average molecular weight is 163 g/mol. The van der Waals surface area contributed by atoms with Crippen LogP contribution < -0.4 is 11.1 Å². The van der Waals surface area contributed by atoms with Gasteiger partial charge in [-0.25, -0.2) is 4.99 Å². The molecule has 0 radical (unpaired) electrons. The van der Waals surface area contributed by atoms with E-state index in [1.165, 1.54) is 0 Å². The summed E-state index contributed by atoms with van der Waals surface area (Å²) in [4.78, 5) is 4.03. The minimum atomic E-state index is 0.155. The van der Waals surface area contributed by atoms with Gasteiger partial charge in [0.2, 0.25) is 0 Å². The van der Waals surface area contributed by atoms with Crippen molar-refractivity contribution in [2.75, 3.05) is 11.9 Å². The summed E-state index contributed by atoms with van der Waals surface area (Å²) in [6.45, 7) is 0.538. The lowest BCUT2D eigenvalue weighted by Crippen LogP contribution is -2.25. The summed E-state index contributed by atoms with van der Waals surface area (Å²) in [5.74, 6) is 0.645. The largest absolute Gasteiger partial charge is 0.506 e. The lowest BCUT2D eigenvalue weighted by atomic mass is 10.2. The lowest BCUT2D eigenvalue weighted by Gasteiger charge is -2.15. The molecule has 1 aromatic rings. The number of amidine groups is 1. The predicted octanol–water partition coefficient (Wildman–Crippen LogP) is 0.806. The molecule has 0 fully saturated rings. The van der Waals surface area contributed by atoms with E-state index in [9.17, 15) is 5.11 Å². The SMILES string of the molecule is NC1=Nc2c(O)cccc2NC1. The molecular formula is C8H9N3O. The number of benzene rings is 1. The fourth-order valence-corrected chi connectivity index (χ4v) is 1.16. The van der Waals surface area contributed by atoms with Gasteiger partial charge in [0.1, 0.15) is 17.3 Å². The number of hydrogen-bond donors (Lipinski definition) is 3. The number of para-hydroxylation sites is 1. The van der Waals surface area contributed by atoms with Crippen molar-refractivity contribution >= 4 is 17.2 Å². The van der Waals surface area contributed by atoms with Gasteiger partial charge in [-0.05, 0) is 12.1 Å². The molecule has 0 saturated carbocycles. The summed E-state index contributed by atoms with van der Waals surface area (Å²) >= 11 is 0. The van der Waals surface area contributed by atoms with Crippen LogP contribution >= 0.6 is 0 Å². The molecule has 0 bridgehead atoms. The van der Waals surface area contributed by atoms with Crippen molar-refractivity contribution in [3.63, 3.8) is 0 Å². The van der Waals surface area contributed by atoms with E-state index < -0.39 is 0 Å². The van der Waals surface area contributed by atoms with Crippen LogP contribution in [0, 0.1) is 0 Å². The van der Waals surface area contributed by atoms with Gasteiger partial charge in [-0.2, -0.15) is 0 Å². The Morgan fingerprint density at radius 3 is 3.17 bits per heavy atom. The molecule has 0 aromatic heterocycles. The number of rotatable bonds is 0. The topological polar surface area (TPSA) is 70.6 Å². The first-order valence-corrected chi connectivity index (χ1v) is 3.66. The van der Waals surface area contributed by atoms with Gasteiger partial charge < -0.3 is 16.2 Å². The Hall–Kier alpha value is -1.71. The van der Waals surface area contributed by atoms with Crippen molar-refractivity contribution in [1.29, 1.82) is 0 Å². The smallest absolute Gasteiger partial charge is 0.143 e. The molecule has 4 N–H and O–H groups in total. The Kier molecular flexibility index (Phi) is 1.40. The number of fused-ring (bicyclic) bond motifs is 1. The summed E-state index contributed by atoms with van der Waals surface area (Å²) in [5.41, 5.74) is 6.85. The number of aliphatic imine (C=N–C) groups is 1. The minimum Gasteiger partial charge on any atom is -0.506 e. The molecule has 1 aliphatic rings. The quantitative estimate of drug-likeness (QED) is 0.530. The van der Waals surface area contributed by atoms with Gasteiger partial charge in [-0.1, -0.05) is 6.07 Å². The van der Waals surface area contributed by atoms with Gasteiger partial charge in [-0.3, -0.25) is 0 Å². The van der Waals surface area contributed by atoms with Crippen LogP contribution in [0.4, 0.5) is 11.4 Å². The fraction of sp³-hybridized carbons (Fsp3) is 0.125. The normalized spacial score (nSPS) is 14.5. The Bertz CT molecular complexity index is 346. The monoisotopic (exact) mass is 163 g/mol. The van der Waals surface area contributed by atoms with E-state index in [2.05, 4.69) is 10.3 Å². The lowest BCUT2D eigenvalue weighted by molar-refractivity contribution is 0.477. The summed E-state index contributed by atoms with van der Waals surface area (Å²) < 4.78 is 0. The van der Waals surface area contributed by atoms with E-state index in [1.54, 1.807) is 12.1 Å². The zero-order valence-electron chi connectivity index (χ0n) is 6.41. The first-order chi connectivity index (χ1) is 5.77. The molecule has 62 valence electrons. The van der Waals surface area contributed by atoms with Crippen molar-refractivity contribution in [3.8, 4) is 5.75 Å². The number of phenols is 1. The van der Waals surface area contributed by atoms with Gasteiger partial charge in [0.15, 0.2) is 0 Å². The number of phenolic OH excluding ortho intramolecular Hbond substituents is 1. The maximum absolute atomic E-state index is 9.37. The maximum Gasteiger partial charge on any atom is 0.143 e. The molecular weight excluding hydrogens is 154 g/mol. The third-order valence-corrected chi connectivity index (χ3v) is 1.73. The van der Waals surface area contributed by atoms with E-state index in [0.717, 1.165) is 5.69 Å². The van der Waals surface area contributed by atoms with Crippen LogP contribution in [0.5, 0.6) is 5.75 Å². The Labute approximate surface area is 69.7 Å². The predicted molar refractivity (Wildman–Crippen MR) is 47.9 cm³/mol. The Morgan fingerprint density at radius 2 is 2.33 bits per heavy atom. The number of nitrogens with zero attached hydrogens (tertiary/aromatic N) is 1. The Balaban J connectivity index is 2.59. The van der Waals surface area contributed by atoms with Gasteiger partial charge in [0, 0.05) is 0 Å². The molecule has 0 aliphatic carbocycles. The standard InChI is InChI=1S/C8H9N3O/c9-7-4-10-5-2-1-3-6(12)8(5)11-7/h1-3,10,12H,4H2,(H2,9,11). The van der Waals surface area contributed by atoms with Gasteiger partial charge in [0.05, 0.1) is 12.2 Å². The number of nitrogens with one attached hydrogen (secondary N) is 1. The highest BCUT2D eigenvalue weighted by Crippen LogP contribution is 2.35. The fourth-order valence-electron chi connectivity index (χ4n) is 1.16. The van der Waals surface area contributed by atoms with Crippen molar-refractivity contribution < 1.29 is 5.11 Å². The summed E-state index contributed by atoms with van der Waals surface area (Å²) in [5, 5.41) is 12.4. The molecule has 4 heteroatoms. The van der Waals surface area contributed by atoms with Gasteiger partial charge >= 0.3 is 0 Å². The molecule has 0 atom stereocenters. The van der Waals surface area contributed by atoms with Crippen LogP contribution in [0.15, 0.2) is 23.2 Å². The van der Waals surface area contributed by atoms with E-state index in [4.69, 9.17) is 5.73 Å². The molecule has 4 nitrogen and oxygen atoms in total. The molecule has 12 heavy (non-hydrogen) atoms. The second kappa shape index (κ2) is 2.41. The second-order valence-electron chi connectivity index (χ2n) is 2.63. The van der Waals surface area contributed by atoms with Crippen LogP contribution in [0.25, 0.3) is 0 Å². The number of aromatic hydroxyl groups is 1. The second-order valence-corrected chi connectivity index (χ2v) is 2.63. The summed E-state index contributed by atoms with van der Waals surface area (Å²) in [7, 11) is 0. The molecule has 0 spiro atoms. The van der Waals surface area contributed by atoms with Crippen LogP contribution in [-0.2, 0) is 0 Å². The molecule has 0 amide bonds. The first kappa shape index (κ1) is 6.97. The van der Waals surface area contributed by atoms with Crippen molar-refractivity contribution in [1.82, 2.24) is 0 Å². The van der Waals surface area contributed by atoms with Gasteiger partial charge in [-0.15, -0.1) is 0 Å². The minimum absolute atomic E-state index is 0.155. The number of nitrogens with two attached hydrogens (primary N) is 1. The van der Waals surface area contributed by atoms with Crippen LogP contribution in [-0.4, -0.2) is 17.5 Å². The molecule has 2 rings (SSSR count). The zero-order chi connectivity index (χ0) is 8.55. The zero-order valence-corrected chi connectivity index (χ0v) is 6.41. The first-order valence-electron chi connectivity index (χ1n) is 3.66. The Morgan fingerprint density at radius 1 is 1.50 bits per heavy atom. The highest BCUT2D eigenvalue weighted by molar-refractivity contribution is 5.93. The third kappa shape index (κ3) is 0.972. The molecule has 1 aromatic carbocycles. The maximum atomic E-state index is 9.37. The van der Waals surface area contributed by atoms with Crippen LogP contribution in [0.1, 0.15) is 0 Å². The average Bonchev–Trinajstić information content (AvgIpc) is 2.07. The highest BCUT2D eigenvalue weighted by atomic mass is 16.3.